The molecule has 62 valence electrons. The van der Waals surface area contributed by atoms with Gasteiger partial charge in [-0.25, -0.2) is 0 Å². The van der Waals surface area contributed by atoms with Crippen LogP contribution in [-0.2, 0) is 0 Å². The molecule has 1 aromatic rings. The third kappa shape index (κ3) is 1.56. The number of hydrogen-bond donors (Lipinski definition) is 0. The number of hydrogen-bond acceptors (Lipinski definition) is 3. The van der Waals surface area contributed by atoms with Crippen LogP contribution in [0, 0.1) is 0 Å². The van der Waals surface area contributed by atoms with E-state index in [0.29, 0.717) is 0 Å². The van der Waals surface area contributed by atoms with Gasteiger partial charge >= 0.3 is 0 Å². The predicted octanol–water partition coefficient (Wildman–Crippen LogP) is 1.85. The maximum atomic E-state index is 4.16. The average Bonchev–Trinajstić information content (AvgIpc) is 2.16. The second-order valence-electron chi connectivity index (χ2n) is 2.34. The van der Waals surface area contributed by atoms with Crippen LogP contribution in [0.4, 0.5) is 5.69 Å². The molecule has 1 heterocycles. The van der Waals surface area contributed by atoms with Gasteiger partial charge in [0.15, 0.2) is 0 Å². The van der Waals surface area contributed by atoms with Crippen molar-refractivity contribution in [2.75, 3.05) is 7.05 Å². The zero-order chi connectivity index (χ0) is 8.97. The SMILES string of the molecule is C=Nc1cccnc1/C(C)=N\C. The molecule has 0 aliphatic carbocycles. The van der Waals surface area contributed by atoms with Crippen molar-refractivity contribution in [3.63, 3.8) is 0 Å². The summed E-state index contributed by atoms with van der Waals surface area (Å²) in [6.07, 6.45) is 1.72. The van der Waals surface area contributed by atoms with E-state index in [1.165, 1.54) is 0 Å². The Morgan fingerprint density at radius 3 is 2.92 bits per heavy atom. The fourth-order valence-corrected chi connectivity index (χ4v) is 0.909. The van der Waals surface area contributed by atoms with Crippen LogP contribution in [0.2, 0.25) is 0 Å². The Morgan fingerprint density at radius 2 is 2.33 bits per heavy atom. The van der Waals surface area contributed by atoms with Gasteiger partial charge in [0, 0.05) is 13.2 Å². The van der Waals surface area contributed by atoms with Gasteiger partial charge < -0.3 is 0 Å². The Kier molecular flexibility index (Phi) is 2.69. The summed E-state index contributed by atoms with van der Waals surface area (Å²) in [5.41, 5.74) is 2.45. The smallest absolute Gasteiger partial charge is 0.109 e. The summed E-state index contributed by atoms with van der Waals surface area (Å²) in [4.78, 5) is 12.0. The minimum absolute atomic E-state index is 0.778. The minimum Gasteiger partial charge on any atom is -0.291 e. The van der Waals surface area contributed by atoms with E-state index >= 15 is 0 Å². The highest BCUT2D eigenvalue weighted by atomic mass is 14.8. The Balaban J connectivity index is 3.22. The van der Waals surface area contributed by atoms with Crippen molar-refractivity contribution < 1.29 is 0 Å². The van der Waals surface area contributed by atoms with Crippen molar-refractivity contribution in [1.29, 1.82) is 0 Å². The third-order valence-corrected chi connectivity index (χ3v) is 1.63. The molecular weight excluding hydrogens is 150 g/mol. The second-order valence-corrected chi connectivity index (χ2v) is 2.34. The number of rotatable bonds is 2. The minimum atomic E-state index is 0.778. The summed E-state index contributed by atoms with van der Waals surface area (Å²) >= 11 is 0. The van der Waals surface area contributed by atoms with E-state index < -0.39 is 0 Å². The van der Waals surface area contributed by atoms with Gasteiger partial charge in [0.25, 0.3) is 0 Å². The summed E-state index contributed by atoms with van der Waals surface area (Å²) in [6.45, 7) is 5.36. The topological polar surface area (TPSA) is 37.6 Å². The Bertz CT molecular complexity index is 315. The van der Waals surface area contributed by atoms with Crippen molar-refractivity contribution in [2.45, 2.75) is 6.92 Å². The number of pyridine rings is 1. The lowest BCUT2D eigenvalue weighted by atomic mass is 10.2. The maximum absolute atomic E-state index is 4.16. The molecule has 0 unspecified atom stereocenters. The first-order chi connectivity index (χ1) is 5.79. The lowest BCUT2D eigenvalue weighted by Crippen LogP contribution is -1.97. The van der Waals surface area contributed by atoms with Gasteiger partial charge in [-0.1, -0.05) is 0 Å². The molecule has 12 heavy (non-hydrogen) atoms. The van der Waals surface area contributed by atoms with E-state index in [4.69, 9.17) is 0 Å². The lowest BCUT2D eigenvalue weighted by molar-refractivity contribution is 1.25. The summed E-state index contributed by atoms with van der Waals surface area (Å²) < 4.78 is 0. The van der Waals surface area contributed by atoms with E-state index in [9.17, 15) is 0 Å². The fourth-order valence-electron chi connectivity index (χ4n) is 0.909. The first-order valence-electron chi connectivity index (χ1n) is 3.65. The van der Waals surface area contributed by atoms with Crippen LogP contribution in [0.25, 0.3) is 0 Å². The molecule has 0 aromatic carbocycles. The number of aliphatic imine (C=N–C) groups is 2. The van der Waals surface area contributed by atoms with E-state index in [2.05, 4.69) is 21.7 Å². The highest BCUT2D eigenvalue weighted by Crippen LogP contribution is 2.15. The third-order valence-electron chi connectivity index (χ3n) is 1.63. The van der Waals surface area contributed by atoms with E-state index in [-0.39, 0.29) is 0 Å². The summed E-state index contributed by atoms with van der Waals surface area (Å²) in [5.74, 6) is 0. The molecule has 0 fully saturated rings. The van der Waals surface area contributed by atoms with Crippen molar-refractivity contribution in [1.82, 2.24) is 4.98 Å². The molecule has 0 saturated carbocycles. The van der Waals surface area contributed by atoms with Crippen LogP contribution >= 0.6 is 0 Å². The van der Waals surface area contributed by atoms with Crippen LogP contribution < -0.4 is 0 Å². The van der Waals surface area contributed by atoms with Crippen LogP contribution in [0.3, 0.4) is 0 Å². The Hall–Kier alpha value is -1.51. The molecule has 0 aliphatic heterocycles. The molecule has 0 bridgehead atoms. The largest absolute Gasteiger partial charge is 0.291 e. The Labute approximate surface area is 71.9 Å². The van der Waals surface area contributed by atoms with Gasteiger partial charge in [0.2, 0.25) is 0 Å². The molecule has 0 amide bonds. The zero-order valence-corrected chi connectivity index (χ0v) is 7.28. The molecule has 0 radical (unpaired) electrons. The maximum Gasteiger partial charge on any atom is 0.109 e. The van der Waals surface area contributed by atoms with Crippen molar-refractivity contribution in [2.24, 2.45) is 9.98 Å². The monoisotopic (exact) mass is 161 g/mol. The number of aromatic nitrogens is 1. The summed E-state index contributed by atoms with van der Waals surface area (Å²) in [5, 5.41) is 0. The molecule has 3 heteroatoms. The number of nitrogens with zero attached hydrogens (tertiary/aromatic N) is 3. The molecule has 3 nitrogen and oxygen atoms in total. The molecular formula is C9H11N3. The van der Waals surface area contributed by atoms with E-state index in [1.807, 2.05) is 19.1 Å². The van der Waals surface area contributed by atoms with Crippen LogP contribution in [-0.4, -0.2) is 24.5 Å². The van der Waals surface area contributed by atoms with Crippen LogP contribution in [0.15, 0.2) is 28.3 Å². The predicted molar refractivity (Wildman–Crippen MR) is 51.6 cm³/mol. The molecule has 0 atom stereocenters. The van der Waals surface area contributed by atoms with E-state index in [1.54, 1.807) is 13.2 Å². The van der Waals surface area contributed by atoms with Crippen molar-refractivity contribution >= 4 is 18.1 Å². The van der Waals surface area contributed by atoms with Crippen LogP contribution in [0.5, 0.6) is 0 Å². The summed E-state index contributed by atoms with van der Waals surface area (Å²) in [6, 6.07) is 3.69. The first-order valence-corrected chi connectivity index (χ1v) is 3.65. The average molecular weight is 161 g/mol. The normalized spacial score (nSPS) is 11.3. The van der Waals surface area contributed by atoms with Gasteiger partial charge in [-0.3, -0.25) is 15.0 Å². The van der Waals surface area contributed by atoms with Crippen molar-refractivity contribution in [3.8, 4) is 0 Å². The highest BCUT2D eigenvalue weighted by Gasteiger charge is 2.02. The molecule has 0 N–H and O–H groups in total. The standard InChI is InChI=1S/C9H11N3/c1-7(10-2)9-8(11-3)5-4-6-12-9/h4-6H,3H2,1-2H3/b10-7-. The highest BCUT2D eigenvalue weighted by molar-refractivity contribution is 6.01. The summed E-state index contributed by atoms with van der Waals surface area (Å²) in [7, 11) is 1.73. The zero-order valence-electron chi connectivity index (χ0n) is 7.28. The molecule has 1 rings (SSSR count). The molecule has 0 saturated heterocycles. The second kappa shape index (κ2) is 3.76. The van der Waals surface area contributed by atoms with Crippen molar-refractivity contribution in [3.05, 3.63) is 24.0 Å². The molecule has 1 aromatic heterocycles. The molecule has 0 aliphatic rings. The molecule has 0 spiro atoms. The van der Waals surface area contributed by atoms with Crippen LogP contribution in [0.1, 0.15) is 12.6 Å². The van der Waals surface area contributed by atoms with Gasteiger partial charge in [0.1, 0.15) is 5.69 Å². The van der Waals surface area contributed by atoms with Gasteiger partial charge in [-0.15, -0.1) is 0 Å². The van der Waals surface area contributed by atoms with Gasteiger partial charge in [0.05, 0.1) is 11.4 Å². The quantitative estimate of drug-likeness (QED) is 0.610. The Morgan fingerprint density at radius 1 is 1.58 bits per heavy atom. The van der Waals surface area contributed by atoms with Gasteiger partial charge in [-0.05, 0) is 25.8 Å². The van der Waals surface area contributed by atoms with Gasteiger partial charge in [-0.2, -0.15) is 0 Å². The van der Waals surface area contributed by atoms with E-state index in [0.717, 1.165) is 17.1 Å². The lowest BCUT2D eigenvalue weighted by Gasteiger charge is -2.01. The fraction of sp³-hybridized carbons (Fsp3) is 0.222. The first kappa shape index (κ1) is 8.59.